The number of benzene rings is 2. The minimum Gasteiger partial charge on any atom is -0.490 e. The number of carbonyl (C=O) groups is 2. The number of ether oxygens (including phenoxy) is 2. The third-order valence-electron chi connectivity index (χ3n) is 3.85. The van der Waals surface area contributed by atoms with Crippen molar-refractivity contribution in [3.63, 3.8) is 0 Å². The lowest BCUT2D eigenvalue weighted by Crippen LogP contribution is -2.21. The number of anilines is 1. The number of amides is 1. The number of carbonyl (C=O) groups excluding carboxylic acids is 2. The van der Waals surface area contributed by atoms with E-state index in [4.69, 9.17) is 9.47 Å². The van der Waals surface area contributed by atoms with Crippen LogP contribution in [0.2, 0.25) is 0 Å². The number of nitro groups is 1. The van der Waals surface area contributed by atoms with Crippen molar-refractivity contribution in [1.29, 1.82) is 0 Å². The molecule has 0 saturated heterocycles. The van der Waals surface area contributed by atoms with Gasteiger partial charge in [0, 0.05) is 11.6 Å². The summed E-state index contributed by atoms with van der Waals surface area (Å²) < 4.78 is 10.9. The molecule has 2 aromatic carbocycles. The van der Waals surface area contributed by atoms with Gasteiger partial charge in [0.15, 0.2) is 18.1 Å². The zero-order chi connectivity index (χ0) is 20.0. The molecular formula is C19H20N2O6. The van der Waals surface area contributed by atoms with E-state index in [2.05, 4.69) is 5.32 Å². The predicted molar refractivity (Wildman–Crippen MR) is 99.7 cm³/mol. The topological polar surface area (TPSA) is 108 Å². The maximum absolute atomic E-state index is 12.2. The van der Waals surface area contributed by atoms with E-state index in [9.17, 15) is 19.7 Å². The first-order valence-corrected chi connectivity index (χ1v) is 8.26. The van der Waals surface area contributed by atoms with Crippen LogP contribution in [0.4, 0.5) is 11.4 Å². The first-order valence-electron chi connectivity index (χ1n) is 8.26. The molecule has 1 amide bonds. The van der Waals surface area contributed by atoms with Crippen LogP contribution in [0, 0.1) is 24.0 Å². The third-order valence-corrected chi connectivity index (χ3v) is 3.85. The minimum atomic E-state index is -0.553. The van der Waals surface area contributed by atoms with Crippen LogP contribution >= 0.6 is 0 Å². The summed E-state index contributed by atoms with van der Waals surface area (Å²) in [4.78, 5) is 33.7. The van der Waals surface area contributed by atoms with Gasteiger partial charge in [0.1, 0.15) is 12.0 Å². The number of hydrogen-bond donors (Lipinski definition) is 1. The Morgan fingerprint density at radius 3 is 2.48 bits per heavy atom. The highest BCUT2D eigenvalue weighted by Gasteiger charge is 2.18. The van der Waals surface area contributed by atoms with E-state index >= 15 is 0 Å². The maximum Gasteiger partial charge on any atom is 0.293 e. The van der Waals surface area contributed by atoms with Crippen molar-refractivity contribution < 1.29 is 24.0 Å². The Morgan fingerprint density at radius 2 is 1.85 bits per heavy atom. The Hall–Kier alpha value is -3.42. The van der Waals surface area contributed by atoms with E-state index in [1.165, 1.54) is 24.3 Å². The van der Waals surface area contributed by atoms with E-state index in [1.807, 2.05) is 0 Å². The zero-order valence-electron chi connectivity index (χ0n) is 15.3. The van der Waals surface area contributed by atoms with Crippen LogP contribution in [-0.4, -0.2) is 30.3 Å². The summed E-state index contributed by atoms with van der Waals surface area (Å²) in [6.45, 7) is 5.33. The monoisotopic (exact) mass is 372 g/mol. The van der Waals surface area contributed by atoms with Crippen molar-refractivity contribution in [2.24, 2.45) is 0 Å². The molecule has 0 aliphatic carbocycles. The van der Waals surface area contributed by atoms with Gasteiger partial charge in [-0.2, -0.15) is 0 Å². The SMILES string of the molecule is CCOc1cc(C=O)ccc1OCC(=O)Nc1cc(C)c(C)cc1[N+](=O)[O-]. The Labute approximate surface area is 156 Å². The highest BCUT2D eigenvalue weighted by molar-refractivity contribution is 5.94. The highest BCUT2D eigenvalue weighted by atomic mass is 16.6. The van der Waals surface area contributed by atoms with Gasteiger partial charge < -0.3 is 14.8 Å². The van der Waals surface area contributed by atoms with Crippen molar-refractivity contribution in [2.75, 3.05) is 18.5 Å². The summed E-state index contributed by atoms with van der Waals surface area (Å²) in [7, 11) is 0. The average molecular weight is 372 g/mol. The lowest BCUT2D eigenvalue weighted by Gasteiger charge is -2.13. The molecule has 27 heavy (non-hydrogen) atoms. The van der Waals surface area contributed by atoms with E-state index in [0.717, 1.165) is 11.1 Å². The fourth-order valence-corrected chi connectivity index (χ4v) is 2.37. The number of rotatable bonds is 8. The second-order valence-electron chi connectivity index (χ2n) is 5.80. The van der Waals surface area contributed by atoms with Crippen LogP contribution in [0.15, 0.2) is 30.3 Å². The summed E-state index contributed by atoms with van der Waals surface area (Å²) in [6.07, 6.45) is 0.678. The highest BCUT2D eigenvalue weighted by Crippen LogP contribution is 2.29. The van der Waals surface area contributed by atoms with Crippen molar-refractivity contribution in [1.82, 2.24) is 0 Å². The molecule has 8 heteroatoms. The molecule has 0 bridgehead atoms. The third kappa shape index (κ3) is 5.04. The second-order valence-corrected chi connectivity index (χ2v) is 5.80. The van der Waals surface area contributed by atoms with Gasteiger partial charge in [-0.3, -0.25) is 19.7 Å². The molecule has 0 aromatic heterocycles. The Bertz CT molecular complexity index is 879. The second kappa shape index (κ2) is 8.79. The molecule has 0 heterocycles. The van der Waals surface area contributed by atoms with Gasteiger partial charge in [-0.1, -0.05) is 0 Å². The van der Waals surface area contributed by atoms with Gasteiger partial charge in [0.05, 0.1) is 11.5 Å². The molecular weight excluding hydrogens is 352 g/mol. The number of nitro benzene ring substituents is 1. The van der Waals surface area contributed by atoms with E-state index in [1.54, 1.807) is 26.8 Å². The van der Waals surface area contributed by atoms with E-state index in [0.29, 0.717) is 30.0 Å². The molecule has 2 aromatic rings. The Balaban J connectivity index is 2.12. The molecule has 0 atom stereocenters. The molecule has 8 nitrogen and oxygen atoms in total. The predicted octanol–water partition coefficient (Wildman–Crippen LogP) is 3.44. The molecule has 1 N–H and O–H groups in total. The molecule has 0 aliphatic heterocycles. The van der Waals surface area contributed by atoms with Crippen molar-refractivity contribution >= 4 is 23.6 Å². The van der Waals surface area contributed by atoms with Gasteiger partial charge in [0.2, 0.25) is 0 Å². The number of hydrogen-bond acceptors (Lipinski definition) is 6. The van der Waals surface area contributed by atoms with E-state index in [-0.39, 0.29) is 18.0 Å². The van der Waals surface area contributed by atoms with Gasteiger partial charge in [-0.05, 0) is 56.2 Å². The molecule has 142 valence electrons. The summed E-state index contributed by atoms with van der Waals surface area (Å²) in [6, 6.07) is 7.54. The van der Waals surface area contributed by atoms with Crippen LogP contribution in [0.1, 0.15) is 28.4 Å². The van der Waals surface area contributed by atoms with Crippen molar-refractivity contribution in [3.05, 3.63) is 57.1 Å². The van der Waals surface area contributed by atoms with Crippen LogP contribution in [-0.2, 0) is 4.79 Å². The van der Waals surface area contributed by atoms with Gasteiger partial charge in [0.25, 0.3) is 11.6 Å². The first kappa shape index (κ1) is 19.9. The largest absolute Gasteiger partial charge is 0.490 e. The lowest BCUT2D eigenvalue weighted by atomic mass is 10.1. The summed E-state index contributed by atoms with van der Waals surface area (Å²) in [5.74, 6) is 0.0857. The van der Waals surface area contributed by atoms with E-state index < -0.39 is 10.8 Å². The van der Waals surface area contributed by atoms with Crippen molar-refractivity contribution in [3.8, 4) is 11.5 Å². The molecule has 0 unspecified atom stereocenters. The first-order chi connectivity index (χ1) is 12.8. The average Bonchev–Trinajstić information content (AvgIpc) is 2.63. The number of nitrogens with one attached hydrogen (secondary N) is 1. The van der Waals surface area contributed by atoms with Gasteiger partial charge in [-0.15, -0.1) is 0 Å². The number of aldehydes is 1. The van der Waals surface area contributed by atoms with Crippen LogP contribution in [0.5, 0.6) is 11.5 Å². The fraction of sp³-hybridized carbons (Fsp3) is 0.263. The van der Waals surface area contributed by atoms with Gasteiger partial charge in [-0.25, -0.2) is 0 Å². The smallest absolute Gasteiger partial charge is 0.293 e. The molecule has 2 rings (SSSR count). The lowest BCUT2D eigenvalue weighted by molar-refractivity contribution is -0.384. The van der Waals surface area contributed by atoms with Crippen LogP contribution in [0.25, 0.3) is 0 Å². The molecule has 0 aliphatic rings. The Kier molecular flexibility index (Phi) is 6.48. The molecule has 0 fully saturated rings. The molecule has 0 spiro atoms. The molecule has 0 radical (unpaired) electrons. The van der Waals surface area contributed by atoms with Gasteiger partial charge >= 0.3 is 0 Å². The summed E-state index contributed by atoms with van der Waals surface area (Å²) in [5, 5.41) is 13.7. The fourth-order valence-electron chi connectivity index (χ4n) is 2.37. The minimum absolute atomic E-state index is 0.109. The molecule has 0 saturated carbocycles. The van der Waals surface area contributed by atoms with Crippen LogP contribution in [0.3, 0.4) is 0 Å². The quantitative estimate of drug-likeness (QED) is 0.432. The maximum atomic E-state index is 12.2. The summed E-state index contributed by atoms with van der Waals surface area (Å²) >= 11 is 0. The standard InChI is InChI=1S/C19H20N2O6/c1-4-26-18-9-14(10-22)5-6-17(18)27-11-19(23)20-15-7-12(2)13(3)8-16(15)21(24)25/h5-10H,4,11H2,1-3H3,(H,20,23). The number of aryl methyl sites for hydroxylation is 2. The van der Waals surface area contributed by atoms with Crippen LogP contribution < -0.4 is 14.8 Å². The zero-order valence-corrected chi connectivity index (χ0v) is 15.3. The summed E-state index contributed by atoms with van der Waals surface area (Å²) in [5.41, 5.74) is 1.92. The number of nitrogens with zero attached hydrogens (tertiary/aromatic N) is 1. The Morgan fingerprint density at radius 1 is 1.15 bits per heavy atom. The van der Waals surface area contributed by atoms with Crippen molar-refractivity contribution in [2.45, 2.75) is 20.8 Å². The normalized spacial score (nSPS) is 10.2.